The van der Waals surface area contributed by atoms with E-state index < -0.39 is 0 Å². The highest BCUT2D eigenvalue weighted by molar-refractivity contribution is 6.30. The van der Waals surface area contributed by atoms with Gasteiger partial charge < -0.3 is 5.32 Å². The van der Waals surface area contributed by atoms with E-state index in [1.54, 1.807) is 13.1 Å². The van der Waals surface area contributed by atoms with E-state index in [9.17, 15) is 4.79 Å². The third-order valence-electron chi connectivity index (χ3n) is 4.09. The third-order valence-corrected chi connectivity index (χ3v) is 4.33. The summed E-state index contributed by atoms with van der Waals surface area (Å²) in [5.41, 5.74) is 2.23. The molecule has 0 amide bonds. The first-order valence-corrected chi connectivity index (χ1v) is 8.20. The van der Waals surface area contributed by atoms with E-state index >= 15 is 0 Å². The van der Waals surface area contributed by atoms with Crippen molar-refractivity contribution in [3.05, 3.63) is 71.5 Å². The molecule has 2 heterocycles. The Labute approximate surface area is 149 Å². The van der Waals surface area contributed by atoms with Crippen molar-refractivity contribution in [1.29, 1.82) is 0 Å². The first kappa shape index (κ1) is 15.5. The standard InChI is InChI=1S/C20H14ClN3O/c1-12(25)13-5-6-16-18-11-22-8-7-17(18)20(24-19(16)9-13)23-15-4-2-3-14(21)10-15/h2-11H,1H3,(H,23,24). The molecule has 0 unspecified atom stereocenters. The number of hydrogen-bond donors (Lipinski definition) is 1. The minimum atomic E-state index is 0.0133. The highest BCUT2D eigenvalue weighted by atomic mass is 35.5. The van der Waals surface area contributed by atoms with Crippen LogP contribution < -0.4 is 5.32 Å². The van der Waals surface area contributed by atoms with Crippen molar-refractivity contribution >= 4 is 50.6 Å². The van der Waals surface area contributed by atoms with Gasteiger partial charge in [0.1, 0.15) is 5.82 Å². The third kappa shape index (κ3) is 2.92. The van der Waals surface area contributed by atoms with E-state index in [-0.39, 0.29) is 5.78 Å². The lowest BCUT2D eigenvalue weighted by Crippen LogP contribution is -1.98. The van der Waals surface area contributed by atoms with E-state index in [0.29, 0.717) is 16.4 Å². The summed E-state index contributed by atoms with van der Waals surface area (Å²) < 4.78 is 0. The Hall–Kier alpha value is -2.98. The second-order valence-corrected chi connectivity index (χ2v) is 6.24. The molecule has 0 spiro atoms. The van der Waals surface area contributed by atoms with Crippen molar-refractivity contribution in [1.82, 2.24) is 9.97 Å². The minimum Gasteiger partial charge on any atom is -0.340 e. The highest BCUT2D eigenvalue weighted by Gasteiger charge is 2.11. The van der Waals surface area contributed by atoms with Crippen molar-refractivity contribution in [2.45, 2.75) is 6.92 Å². The molecule has 4 nitrogen and oxygen atoms in total. The SMILES string of the molecule is CC(=O)c1ccc2c(c1)nc(Nc1cccc(Cl)c1)c1ccncc12. The van der Waals surface area contributed by atoms with Gasteiger partial charge in [-0.3, -0.25) is 9.78 Å². The lowest BCUT2D eigenvalue weighted by atomic mass is 10.0. The average Bonchev–Trinajstić information content (AvgIpc) is 2.61. The molecule has 4 rings (SSSR count). The Morgan fingerprint density at radius 3 is 2.72 bits per heavy atom. The molecule has 0 atom stereocenters. The van der Waals surface area contributed by atoms with Crippen molar-refractivity contribution in [2.24, 2.45) is 0 Å². The number of carbonyl (C=O) groups is 1. The molecule has 0 aliphatic heterocycles. The molecule has 4 aromatic rings. The summed E-state index contributed by atoms with van der Waals surface area (Å²) >= 11 is 6.07. The van der Waals surface area contributed by atoms with Gasteiger partial charge in [0.2, 0.25) is 0 Å². The fraction of sp³-hybridized carbons (Fsp3) is 0.0500. The number of nitrogens with one attached hydrogen (secondary N) is 1. The molecule has 0 saturated carbocycles. The van der Waals surface area contributed by atoms with Crippen molar-refractivity contribution < 1.29 is 4.79 Å². The maximum Gasteiger partial charge on any atom is 0.159 e. The fourth-order valence-electron chi connectivity index (χ4n) is 2.87. The Morgan fingerprint density at radius 1 is 1.04 bits per heavy atom. The van der Waals surface area contributed by atoms with Gasteiger partial charge in [-0.25, -0.2) is 4.98 Å². The molecule has 0 bridgehead atoms. The largest absolute Gasteiger partial charge is 0.340 e. The Kier molecular flexibility index (Phi) is 3.82. The van der Waals surface area contributed by atoms with Crippen LogP contribution in [0.1, 0.15) is 17.3 Å². The van der Waals surface area contributed by atoms with E-state index in [2.05, 4.69) is 10.3 Å². The molecule has 1 N–H and O–H groups in total. The monoisotopic (exact) mass is 347 g/mol. The van der Waals surface area contributed by atoms with E-state index in [1.807, 2.05) is 54.7 Å². The number of benzene rings is 2. The molecule has 0 fully saturated rings. The normalized spacial score (nSPS) is 11.0. The quantitative estimate of drug-likeness (QED) is 0.399. The van der Waals surface area contributed by atoms with Crippen LogP contribution >= 0.6 is 11.6 Å². The second-order valence-electron chi connectivity index (χ2n) is 5.81. The topological polar surface area (TPSA) is 54.9 Å². The number of nitrogens with zero attached hydrogens (tertiary/aromatic N) is 2. The zero-order valence-electron chi connectivity index (χ0n) is 13.5. The van der Waals surface area contributed by atoms with Gasteiger partial charge in [-0.1, -0.05) is 29.8 Å². The molecule has 0 radical (unpaired) electrons. The summed E-state index contributed by atoms with van der Waals surface area (Å²) in [5, 5.41) is 6.87. The number of carbonyl (C=O) groups excluding carboxylic acids is 1. The molecule has 0 saturated heterocycles. The van der Waals surface area contributed by atoms with Crippen LogP contribution in [0.5, 0.6) is 0 Å². The number of hydrogen-bond acceptors (Lipinski definition) is 4. The lowest BCUT2D eigenvalue weighted by Gasteiger charge is -2.12. The van der Waals surface area contributed by atoms with Gasteiger partial charge in [0, 0.05) is 44.8 Å². The first-order chi connectivity index (χ1) is 12.1. The molecule has 0 aliphatic rings. The molecule has 25 heavy (non-hydrogen) atoms. The Morgan fingerprint density at radius 2 is 1.92 bits per heavy atom. The van der Waals surface area contributed by atoms with Crippen LogP contribution in [0.3, 0.4) is 0 Å². The van der Waals surface area contributed by atoms with Gasteiger partial charge in [-0.15, -0.1) is 0 Å². The number of rotatable bonds is 3. The maximum atomic E-state index is 11.7. The zero-order valence-corrected chi connectivity index (χ0v) is 14.2. The van der Waals surface area contributed by atoms with Crippen molar-refractivity contribution in [2.75, 3.05) is 5.32 Å². The van der Waals surface area contributed by atoms with Crippen LogP contribution in [0.25, 0.3) is 21.7 Å². The summed E-state index contributed by atoms with van der Waals surface area (Å²) in [4.78, 5) is 20.7. The van der Waals surface area contributed by atoms with Gasteiger partial charge in [0.25, 0.3) is 0 Å². The summed E-state index contributed by atoms with van der Waals surface area (Å²) in [6.45, 7) is 1.55. The van der Waals surface area contributed by atoms with E-state index in [1.165, 1.54) is 0 Å². The maximum absolute atomic E-state index is 11.7. The average molecular weight is 348 g/mol. The number of aromatic nitrogens is 2. The van der Waals surface area contributed by atoms with E-state index in [4.69, 9.17) is 16.6 Å². The number of ketones is 1. The van der Waals surface area contributed by atoms with Gasteiger partial charge in [-0.05, 0) is 37.3 Å². The number of Topliss-reactive ketones (excluding diaryl/α,β-unsaturated/α-hetero) is 1. The predicted molar refractivity (Wildman–Crippen MR) is 102 cm³/mol. The fourth-order valence-corrected chi connectivity index (χ4v) is 3.06. The number of anilines is 2. The second kappa shape index (κ2) is 6.15. The van der Waals surface area contributed by atoms with Gasteiger partial charge in [-0.2, -0.15) is 0 Å². The van der Waals surface area contributed by atoms with Crippen LogP contribution in [0, 0.1) is 0 Å². The van der Waals surface area contributed by atoms with Gasteiger partial charge in [0.05, 0.1) is 5.52 Å². The summed E-state index contributed by atoms with van der Waals surface area (Å²) in [7, 11) is 0. The Bertz CT molecular complexity index is 1120. The van der Waals surface area contributed by atoms with Gasteiger partial charge >= 0.3 is 0 Å². The van der Waals surface area contributed by atoms with Crippen LogP contribution in [0.4, 0.5) is 11.5 Å². The van der Waals surface area contributed by atoms with E-state index in [0.717, 1.165) is 27.4 Å². The molecule has 5 heteroatoms. The number of fused-ring (bicyclic) bond motifs is 3. The summed E-state index contributed by atoms with van der Waals surface area (Å²) in [6, 6.07) is 14.9. The molecule has 0 aliphatic carbocycles. The van der Waals surface area contributed by atoms with Gasteiger partial charge in [0.15, 0.2) is 5.78 Å². The minimum absolute atomic E-state index is 0.0133. The molecule has 122 valence electrons. The molecular formula is C20H14ClN3O. The van der Waals surface area contributed by atoms with Crippen LogP contribution in [0.2, 0.25) is 5.02 Å². The number of halogens is 1. The lowest BCUT2D eigenvalue weighted by molar-refractivity contribution is 0.101. The predicted octanol–water partition coefficient (Wildman–Crippen LogP) is 5.38. The first-order valence-electron chi connectivity index (χ1n) is 7.83. The van der Waals surface area contributed by atoms with Crippen LogP contribution in [0.15, 0.2) is 60.9 Å². The summed E-state index contributed by atoms with van der Waals surface area (Å²) in [5.74, 6) is 0.715. The molecule has 2 aromatic carbocycles. The Balaban J connectivity index is 1.96. The van der Waals surface area contributed by atoms with Crippen LogP contribution in [-0.4, -0.2) is 15.8 Å². The van der Waals surface area contributed by atoms with Crippen molar-refractivity contribution in [3.63, 3.8) is 0 Å². The highest BCUT2D eigenvalue weighted by Crippen LogP contribution is 2.31. The zero-order chi connectivity index (χ0) is 17.4. The smallest absolute Gasteiger partial charge is 0.159 e. The molecular weight excluding hydrogens is 334 g/mol. The molecule has 2 aromatic heterocycles. The number of pyridine rings is 2. The van der Waals surface area contributed by atoms with Crippen molar-refractivity contribution in [3.8, 4) is 0 Å². The van der Waals surface area contributed by atoms with Crippen LogP contribution in [-0.2, 0) is 0 Å². The summed E-state index contributed by atoms with van der Waals surface area (Å²) in [6.07, 6.45) is 3.55.